The van der Waals surface area contributed by atoms with Crippen molar-refractivity contribution in [2.75, 3.05) is 17.2 Å². The minimum absolute atomic E-state index is 0.0404. The van der Waals surface area contributed by atoms with Crippen LogP contribution in [0.15, 0.2) is 30.5 Å². The van der Waals surface area contributed by atoms with Crippen molar-refractivity contribution in [3.8, 4) is 0 Å². The van der Waals surface area contributed by atoms with Crippen molar-refractivity contribution in [1.82, 2.24) is 9.97 Å². The third-order valence-corrected chi connectivity index (χ3v) is 3.03. The number of aromatic nitrogens is 2. The Morgan fingerprint density at radius 1 is 1.25 bits per heavy atom. The molecule has 2 aromatic rings. The lowest BCUT2D eigenvalue weighted by atomic mass is 10.1. The fourth-order valence-corrected chi connectivity index (χ4v) is 1.87. The molecule has 0 amide bonds. The van der Waals surface area contributed by atoms with Gasteiger partial charge in [0, 0.05) is 24.3 Å². The molecule has 0 bridgehead atoms. The zero-order valence-corrected chi connectivity index (χ0v) is 11.9. The Morgan fingerprint density at radius 3 is 2.60 bits per heavy atom. The molecular weight excluding hydrogens is 255 g/mol. The van der Waals surface area contributed by atoms with Gasteiger partial charge in [-0.3, -0.25) is 0 Å². The van der Waals surface area contributed by atoms with Gasteiger partial charge in [0.15, 0.2) is 0 Å². The van der Waals surface area contributed by atoms with Crippen molar-refractivity contribution < 1.29 is 4.39 Å². The zero-order valence-electron chi connectivity index (χ0n) is 11.9. The number of halogens is 1. The van der Waals surface area contributed by atoms with E-state index in [1.165, 1.54) is 12.1 Å². The first kappa shape index (κ1) is 14.2. The lowest BCUT2D eigenvalue weighted by molar-refractivity contribution is 0.626. The molecular formula is C15H19FN4. The topological polar surface area (TPSA) is 49.8 Å². The predicted molar refractivity (Wildman–Crippen MR) is 79.4 cm³/mol. The lowest BCUT2D eigenvalue weighted by Gasteiger charge is -2.17. The molecule has 1 heterocycles. The average molecular weight is 274 g/mol. The van der Waals surface area contributed by atoms with Crippen molar-refractivity contribution in [2.24, 2.45) is 0 Å². The minimum atomic E-state index is -0.228. The van der Waals surface area contributed by atoms with E-state index >= 15 is 0 Å². The van der Waals surface area contributed by atoms with E-state index in [9.17, 15) is 4.39 Å². The highest BCUT2D eigenvalue weighted by Gasteiger charge is 2.09. The first-order valence-electron chi connectivity index (χ1n) is 6.69. The van der Waals surface area contributed by atoms with Crippen molar-refractivity contribution in [3.63, 3.8) is 0 Å². The predicted octanol–water partition coefficient (Wildman–Crippen LogP) is 3.53. The Morgan fingerprint density at radius 2 is 1.95 bits per heavy atom. The molecule has 2 N–H and O–H groups in total. The maximum Gasteiger partial charge on any atom is 0.224 e. The van der Waals surface area contributed by atoms with Crippen LogP contribution in [0.1, 0.15) is 31.0 Å². The van der Waals surface area contributed by atoms with Crippen molar-refractivity contribution in [3.05, 3.63) is 47.4 Å². The fraction of sp³-hybridized carbons (Fsp3) is 0.333. The van der Waals surface area contributed by atoms with Crippen LogP contribution >= 0.6 is 0 Å². The summed E-state index contributed by atoms with van der Waals surface area (Å²) in [6.45, 7) is 6.74. The molecule has 5 heteroatoms. The van der Waals surface area contributed by atoms with Crippen LogP contribution in [0.25, 0.3) is 0 Å². The van der Waals surface area contributed by atoms with Crippen molar-refractivity contribution in [1.29, 1.82) is 0 Å². The van der Waals surface area contributed by atoms with E-state index < -0.39 is 0 Å². The summed E-state index contributed by atoms with van der Waals surface area (Å²) in [5.74, 6) is 1.16. The molecule has 20 heavy (non-hydrogen) atoms. The summed E-state index contributed by atoms with van der Waals surface area (Å²) in [6.07, 6.45) is 1.78. The van der Waals surface area contributed by atoms with Crippen LogP contribution in [-0.2, 0) is 0 Å². The summed E-state index contributed by atoms with van der Waals surface area (Å²) < 4.78 is 12.9. The van der Waals surface area contributed by atoms with Crippen molar-refractivity contribution in [2.45, 2.75) is 26.8 Å². The summed E-state index contributed by atoms with van der Waals surface area (Å²) in [4.78, 5) is 8.65. The highest BCUT2D eigenvalue weighted by atomic mass is 19.1. The fourth-order valence-electron chi connectivity index (χ4n) is 1.87. The molecule has 0 fully saturated rings. The molecule has 0 spiro atoms. The first-order chi connectivity index (χ1) is 9.60. The number of nitrogens with zero attached hydrogens (tertiary/aromatic N) is 2. The highest BCUT2D eigenvalue weighted by Crippen LogP contribution is 2.21. The Bertz CT molecular complexity index is 569. The van der Waals surface area contributed by atoms with E-state index in [1.54, 1.807) is 18.3 Å². The number of benzene rings is 1. The van der Waals surface area contributed by atoms with Gasteiger partial charge in [-0.2, -0.15) is 4.98 Å². The van der Waals surface area contributed by atoms with Gasteiger partial charge >= 0.3 is 0 Å². The Hall–Kier alpha value is -2.17. The molecule has 0 saturated carbocycles. The van der Waals surface area contributed by atoms with Crippen LogP contribution < -0.4 is 10.6 Å². The molecule has 1 aromatic carbocycles. The van der Waals surface area contributed by atoms with Gasteiger partial charge in [-0.25, -0.2) is 9.37 Å². The summed E-state index contributed by atoms with van der Waals surface area (Å²) >= 11 is 0. The molecule has 0 radical (unpaired) electrons. The van der Waals surface area contributed by atoms with Crippen LogP contribution in [0.2, 0.25) is 0 Å². The van der Waals surface area contributed by atoms with Gasteiger partial charge in [0.2, 0.25) is 5.95 Å². The minimum Gasteiger partial charge on any atom is -0.363 e. The van der Waals surface area contributed by atoms with Crippen LogP contribution in [-0.4, -0.2) is 16.5 Å². The van der Waals surface area contributed by atoms with Gasteiger partial charge in [-0.05, 0) is 38.5 Å². The lowest BCUT2D eigenvalue weighted by Crippen LogP contribution is -2.11. The molecule has 1 unspecified atom stereocenters. The Balaban J connectivity index is 2.16. The number of nitrogens with one attached hydrogen (secondary N) is 2. The normalized spacial score (nSPS) is 12.0. The van der Waals surface area contributed by atoms with Gasteiger partial charge in [0.1, 0.15) is 11.6 Å². The SMILES string of the molecule is CCNc1ncc(C)c(NC(C)c2ccc(F)cc2)n1. The van der Waals surface area contributed by atoms with Crippen LogP contribution in [0.5, 0.6) is 0 Å². The summed E-state index contributed by atoms with van der Waals surface area (Å²) in [6, 6.07) is 6.51. The number of anilines is 2. The van der Waals surface area contributed by atoms with Gasteiger partial charge in [-0.1, -0.05) is 12.1 Å². The van der Waals surface area contributed by atoms with E-state index in [-0.39, 0.29) is 11.9 Å². The Labute approximate surface area is 118 Å². The molecule has 0 aliphatic heterocycles. The zero-order chi connectivity index (χ0) is 14.5. The maximum atomic E-state index is 12.9. The first-order valence-corrected chi connectivity index (χ1v) is 6.69. The standard InChI is InChI=1S/C15H19FN4/c1-4-17-15-18-9-10(2)14(20-15)19-11(3)12-5-7-13(16)8-6-12/h5-9,11H,4H2,1-3H3,(H2,17,18,19,20). The number of hydrogen-bond donors (Lipinski definition) is 2. The van der Waals surface area contributed by atoms with Gasteiger partial charge in [0.25, 0.3) is 0 Å². The number of hydrogen-bond acceptors (Lipinski definition) is 4. The highest BCUT2D eigenvalue weighted by molar-refractivity contribution is 5.48. The number of aryl methyl sites for hydroxylation is 1. The smallest absolute Gasteiger partial charge is 0.224 e. The third-order valence-electron chi connectivity index (χ3n) is 3.03. The molecule has 106 valence electrons. The van der Waals surface area contributed by atoms with E-state index in [0.717, 1.165) is 23.5 Å². The quantitative estimate of drug-likeness (QED) is 0.875. The van der Waals surface area contributed by atoms with Crippen LogP contribution in [0, 0.1) is 12.7 Å². The third kappa shape index (κ3) is 3.44. The molecule has 1 aromatic heterocycles. The van der Waals surface area contributed by atoms with Gasteiger partial charge in [-0.15, -0.1) is 0 Å². The second kappa shape index (κ2) is 6.32. The second-order valence-electron chi connectivity index (χ2n) is 4.67. The largest absolute Gasteiger partial charge is 0.363 e. The summed E-state index contributed by atoms with van der Waals surface area (Å²) in [5.41, 5.74) is 1.98. The van der Waals surface area contributed by atoms with E-state index in [0.29, 0.717) is 5.95 Å². The Kier molecular flexibility index (Phi) is 4.50. The monoisotopic (exact) mass is 274 g/mol. The summed E-state index contributed by atoms with van der Waals surface area (Å²) in [5, 5.41) is 6.41. The maximum absolute atomic E-state index is 12.9. The van der Waals surface area contributed by atoms with Gasteiger partial charge < -0.3 is 10.6 Å². The van der Waals surface area contributed by atoms with Crippen LogP contribution in [0.3, 0.4) is 0 Å². The summed E-state index contributed by atoms with van der Waals surface area (Å²) in [7, 11) is 0. The molecule has 1 atom stereocenters. The van der Waals surface area contributed by atoms with Gasteiger partial charge in [0.05, 0.1) is 0 Å². The van der Waals surface area contributed by atoms with E-state index in [2.05, 4.69) is 20.6 Å². The van der Waals surface area contributed by atoms with Crippen molar-refractivity contribution >= 4 is 11.8 Å². The number of rotatable bonds is 5. The second-order valence-corrected chi connectivity index (χ2v) is 4.67. The van der Waals surface area contributed by atoms with Crippen LogP contribution in [0.4, 0.5) is 16.2 Å². The van der Waals surface area contributed by atoms with E-state index in [4.69, 9.17) is 0 Å². The molecule has 0 aliphatic carbocycles. The molecule has 0 saturated heterocycles. The van der Waals surface area contributed by atoms with E-state index in [1.807, 2.05) is 20.8 Å². The molecule has 4 nitrogen and oxygen atoms in total. The molecule has 0 aliphatic rings. The average Bonchev–Trinajstić information content (AvgIpc) is 2.43. The molecule has 2 rings (SSSR count).